The molecule has 0 atom stereocenters. The van der Waals surface area contributed by atoms with Gasteiger partial charge in [0.15, 0.2) is 11.5 Å². The minimum atomic E-state index is -0.235. The second kappa shape index (κ2) is 7.69. The molecule has 4 rings (SSSR count). The lowest BCUT2D eigenvalue weighted by Crippen LogP contribution is -2.23. The van der Waals surface area contributed by atoms with Gasteiger partial charge in [-0.15, -0.1) is 0 Å². The lowest BCUT2D eigenvalue weighted by Gasteiger charge is -2.07. The van der Waals surface area contributed by atoms with Crippen LogP contribution < -0.4 is 20.1 Å². The number of carbonyl (C=O) groups excluding carboxylic acids is 1. The molecule has 1 aliphatic rings. The Balaban J connectivity index is 1.31. The summed E-state index contributed by atoms with van der Waals surface area (Å²) in [6, 6.07) is 9.45. The Labute approximate surface area is 155 Å². The van der Waals surface area contributed by atoms with E-state index >= 15 is 0 Å². The minimum Gasteiger partial charge on any atom is -0.454 e. The zero-order valence-corrected chi connectivity index (χ0v) is 14.4. The molecule has 0 spiro atoms. The first kappa shape index (κ1) is 16.8. The van der Waals surface area contributed by atoms with Crippen LogP contribution in [0.1, 0.15) is 21.5 Å². The van der Waals surface area contributed by atoms with E-state index in [0.29, 0.717) is 24.6 Å². The summed E-state index contributed by atoms with van der Waals surface area (Å²) in [6.45, 7) is 1.18. The van der Waals surface area contributed by atoms with Gasteiger partial charge >= 0.3 is 0 Å². The van der Waals surface area contributed by atoms with Crippen LogP contribution in [0.15, 0.2) is 55.1 Å². The molecule has 0 fully saturated rings. The number of rotatable bonds is 6. The maximum atomic E-state index is 12.2. The summed E-state index contributed by atoms with van der Waals surface area (Å²) in [6.07, 6.45) is 6.38. The Hall–Kier alpha value is -3.68. The Kier molecular flexibility index (Phi) is 4.78. The van der Waals surface area contributed by atoms with Crippen LogP contribution in [0.3, 0.4) is 0 Å². The number of nitrogens with zero attached hydrogens (tertiary/aromatic N) is 3. The van der Waals surface area contributed by atoms with E-state index in [1.165, 1.54) is 12.4 Å². The monoisotopic (exact) mass is 363 g/mol. The molecule has 1 aromatic carbocycles. The van der Waals surface area contributed by atoms with Gasteiger partial charge in [-0.25, -0.2) is 9.97 Å². The Morgan fingerprint density at radius 1 is 1.00 bits per heavy atom. The van der Waals surface area contributed by atoms with E-state index in [1.54, 1.807) is 12.4 Å². The van der Waals surface area contributed by atoms with Crippen molar-refractivity contribution in [3.05, 3.63) is 71.8 Å². The molecule has 3 aromatic rings. The van der Waals surface area contributed by atoms with Crippen molar-refractivity contribution >= 4 is 11.9 Å². The van der Waals surface area contributed by atoms with Crippen molar-refractivity contribution in [2.24, 2.45) is 0 Å². The number of carbonyl (C=O) groups is 1. The van der Waals surface area contributed by atoms with Crippen molar-refractivity contribution in [1.82, 2.24) is 20.3 Å². The van der Waals surface area contributed by atoms with Crippen molar-refractivity contribution in [1.29, 1.82) is 0 Å². The maximum absolute atomic E-state index is 12.2. The van der Waals surface area contributed by atoms with Gasteiger partial charge in [-0.3, -0.25) is 9.78 Å². The normalized spacial score (nSPS) is 11.9. The molecule has 0 aliphatic carbocycles. The maximum Gasteiger partial charge on any atom is 0.254 e. The molecule has 0 saturated heterocycles. The van der Waals surface area contributed by atoms with Crippen molar-refractivity contribution in [2.75, 3.05) is 12.1 Å². The van der Waals surface area contributed by atoms with Crippen molar-refractivity contribution < 1.29 is 14.3 Å². The SMILES string of the molecule is O=C(NCc1cccnc1)c1cnc(NCc2ccc3c(c2)OCO3)nc1. The second-order valence-electron chi connectivity index (χ2n) is 5.88. The predicted molar refractivity (Wildman–Crippen MR) is 97.3 cm³/mol. The molecular weight excluding hydrogens is 346 g/mol. The molecule has 136 valence electrons. The summed E-state index contributed by atoms with van der Waals surface area (Å²) in [7, 11) is 0. The van der Waals surface area contributed by atoms with Crippen LogP contribution in [0.2, 0.25) is 0 Å². The van der Waals surface area contributed by atoms with Crippen LogP contribution in [0, 0.1) is 0 Å². The lowest BCUT2D eigenvalue weighted by molar-refractivity contribution is 0.0950. The standard InChI is InChI=1S/C19H17N5O3/c25-18(21-9-14-2-1-5-20-7-14)15-10-23-19(24-11-15)22-8-13-3-4-16-17(6-13)27-12-26-16/h1-7,10-11H,8-9,12H2,(H,21,25)(H,22,23,24). The van der Waals surface area contributed by atoms with Gasteiger partial charge in [0.2, 0.25) is 12.7 Å². The van der Waals surface area contributed by atoms with Crippen LogP contribution in [-0.4, -0.2) is 27.7 Å². The number of anilines is 1. The van der Waals surface area contributed by atoms with E-state index in [1.807, 2.05) is 30.3 Å². The van der Waals surface area contributed by atoms with Crippen molar-refractivity contribution in [3.8, 4) is 11.5 Å². The number of hydrogen-bond donors (Lipinski definition) is 2. The van der Waals surface area contributed by atoms with Gasteiger partial charge in [0.25, 0.3) is 5.91 Å². The molecule has 3 heterocycles. The second-order valence-corrected chi connectivity index (χ2v) is 5.88. The van der Waals surface area contributed by atoms with E-state index in [2.05, 4.69) is 25.6 Å². The molecular formula is C19H17N5O3. The third-order valence-corrected chi connectivity index (χ3v) is 3.98. The van der Waals surface area contributed by atoms with E-state index in [-0.39, 0.29) is 12.7 Å². The fourth-order valence-electron chi connectivity index (χ4n) is 2.56. The molecule has 8 heteroatoms. The van der Waals surface area contributed by atoms with Crippen LogP contribution in [0.5, 0.6) is 11.5 Å². The molecule has 2 N–H and O–H groups in total. The number of ether oxygens (including phenoxy) is 2. The molecule has 0 radical (unpaired) electrons. The number of hydrogen-bond acceptors (Lipinski definition) is 7. The zero-order chi connectivity index (χ0) is 18.5. The number of benzene rings is 1. The topological polar surface area (TPSA) is 98.3 Å². The molecule has 1 amide bonds. The molecule has 1 aliphatic heterocycles. The summed E-state index contributed by atoms with van der Waals surface area (Å²) in [5.74, 6) is 1.69. The highest BCUT2D eigenvalue weighted by Gasteiger charge is 2.13. The third-order valence-electron chi connectivity index (χ3n) is 3.98. The molecule has 0 bridgehead atoms. The quantitative estimate of drug-likeness (QED) is 0.692. The van der Waals surface area contributed by atoms with Gasteiger partial charge < -0.3 is 20.1 Å². The predicted octanol–water partition coefficient (Wildman–Crippen LogP) is 2.14. The number of aromatic nitrogens is 3. The van der Waals surface area contributed by atoms with Gasteiger partial charge in [-0.1, -0.05) is 12.1 Å². The van der Waals surface area contributed by atoms with Crippen molar-refractivity contribution in [2.45, 2.75) is 13.1 Å². The van der Waals surface area contributed by atoms with E-state index in [0.717, 1.165) is 22.6 Å². The molecule has 0 unspecified atom stereocenters. The molecule has 2 aromatic heterocycles. The first-order valence-corrected chi connectivity index (χ1v) is 8.39. The molecule has 0 saturated carbocycles. The fraction of sp³-hybridized carbons (Fsp3) is 0.158. The summed E-state index contributed by atoms with van der Waals surface area (Å²) < 4.78 is 10.6. The van der Waals surface area contributed by atoms with Crippen molar-refractivity contribution in [3.63, 3.8) is 0 Å². The summed E-state index contributed by atoms with van der Waals surface area (Å²) >= 11 is 0. The van der Waals surface area contributed by atoms with Crippen LogP contribution in [0.25, 0.3) is 0 Å². The summed E-state index contributed by atoms with van der Waals surface area (Å²) in [5.41, 5.74) is 2.34. The Morgan fingerprint density at radius 2 is 1.85 bits per heavy atom. The molecule has 27 heavy (non-hydrogen) atoms. The number of fused-ring (bicyclic) bond motifs is 1. The molecule has 8 nitrogen and oxygen atoms in total. The lowest BCUT2D eigenvalue weighted by atomic mass is 10.2. The zero-order valence-electron chi connectivity index (χ0n) is 14.4. The van der Waals surface area contributed by atoms with Gasteiger partial charge in [-0.2, -0.15) is 0 Å². The number of nitrogens with one attached hydrogen (secondary N) is 2. The van der Waals surface area contributed by atoms with Crippen LogP contribution in [0.4, 0.5) is 5.95 Å². The fourth-order valence-corrected chi connectivity index (χ4v) is 2.56. The largest absolute Gasteiger partial charge is 0.454 e. The van der Waals surface area contributed by atoms with E-state index < -0.39 is 0 Å². The van der Waals surface area contributed by atoms with Gasteiger partial charge in [0, 0.05) is 37.9 Å². The number of pyridine rings is 1. The average molecular weight is 363 g/mol. The van der Waals surface area contributed by atoms with Gasteiger partial charge in [0.05, 0.1) is 5.56 Å². The highest BCUT2D eigenvalue weighted by Crippen LogP contribution is 2.32. The van der Waals surface area contributed by atoms with E-state index in [4.69, 9.17) is 9.47 Å². The highest BCUT2D eigenvalue weighted by molar-refractivity contribution is 5.93. The van der Waals surface area contributed by atoms with Crippen LogP contribution >= 0.6 is 0 Å². The first-order chi connectivity index (χ1) is 13.3. The summed E-state index contributed by atoms with van der Waals surface area (Å²) in [5, 5.41) is 5.93. The van der Waals surface area contributed by atoms with Gasteiger partial charge in [0.1, 0.15) is 0 Å². The Morgan fingerprint density at radius 3 is 2.67 bits per heavy atom. The summed E-state index contributed by atoms with van der Waals surface area (Å²) in [4.78, 5) is 24.6. The average Bonchev–Trinajstić information content (AvgIpc) is 3.19. The highest BCUT2D eigenvalue weighted by atomic mass is 16.7. The van der Waals surface area contributed by atoms with E-state index in [9.17, 15) is 4.79 Å². The minimum absolute atomic E-state index is 0.235. The number of amides is 1. The van der Waals surface area contributed by atoms with Crippen LogP contribution in [-0.2, 0) is 13.1 Å². The third kappa shape index (κ3) is 4.12. The smallest absolute Gasteiger partial charge is 0.254 e. The van der Waals surface area contributed by atoms with Gasteiger partial charge in [-0.05, 0) is 29.3 Å². The Bertz CT molecular complexity index is 932. The first-order valence-electron chi connectivity index (χ1n) is 8.39.